The van der Waals surface area contributed by atoms with E-state index >= 15 is 0 Å². The Hall–Kier alpha value is -0.800. The number of nitrogens with zero attached hydrogens (tertiary/aromatic N) is 2. The summed E-state index contributed by atoms with van der Waals surface area (Å²) in [6.45, 7) is 12.7. The first-order chi connectivity index (χ1) is 9.70. The molecule has 20 heavy (non-hydrogen) atoms. The maximum atomic E-state index is 3.59. The minimum atomic E-state index is 0.483. The molecule has 3 nitrogen and oxygen atoms in total. The fraction of sp³-hybridized carbons (Fsp3) is 0.765. The van der Waals surface area contributed by atoms with Crippen molar-refractivity contribution in [1.82, 2.24) is 14.8 Å². The maximum absolute atomic E-state index is 3.59. The van der Waals surface area contributed by atoms with Crippen LogP contribution in [0.25, 0.3) is 0 Å². The molecule has 1 aliphatic heterocycles. The van der Waals surface area contributed by atoms with Crippen LogP contribution >= 0.6 is 0 Å². The van der Waals surface area contributed by atoms with E-state index in [-0.39, 0.29) is 0 Å². The van der Waals surface area contributed by atoms with Crippen LogP contribution in [0.4, 0.5) is 0 Å². The fourth-order valence-electron chi connectivity index (χ4n) is 3.18. The van der Waals surface area contributed by atoms with E-state index in [4.69, 9.17) is 0 Å². The molecule has 3 heteroatoms. The number of nitrogens with one attached hydrogen (secondary N) is 1. The molecule has 0 bridgehead atoms. The van der Waals surface area contributed by atoms with Crippen LogP contribution in [0.3, 0.4) is 0 Å². The molecule has 2 heterocycles. The highest BCUT2D eigenvalue weighted by molar-refractivity contribution is 5.16. The van der Waals surface area contributed by atoms with Crippen molar-refractivity contribution in [2.45, 2.75) is 52.6 Å². The van der Waals surface area contributed by atoms with E-state index in [0.29, 0.717) is 12.0 Å². The van der Waals surface area contributed by atoms with E-state index in [1.54, 1.807) is 0 Å². The van der Waals surface area contributed by atoms with Crippen LogP contribution < -0.4 is 5.32 Å². The van der Waals surface area contributed by atoms with Crippen molar-refractivity contribution in [3.05, 3.63) is 24.0 Å². The molecule has 1 N–H and O–H groups in total. The summed E-state index contributed by atoms with van der Waals surface area (Å²) in [7, 11) is 0. The second-order valence-electron chi connectivity index (χ2n) is 6.36. The van der Waals surface area contributed by atoms with Crippen molar-refractivity contribution in [2.75, 3.05) is 26.2 Å². The number of likely N-dealkylation sites (tertiary alicyclic amines) is 1. The Kier molecular flexibility index (Phi) is 6.11. The Morgan fingerprint density at radius 2 is 1.90 bits per heavy atom. The Labute approximate surface area is 124 Å². The highest BCUT2D eigenvalue weighted by Crippen LogP contribution is 2.21. The summed E-state index contributed by atoms with van der Waals surface area (Å²) in [5, 5.41) is 3.59. The molecule has 1 atom stereocenters. The molecule has 0 saturated carbocycles. The van der Waals surface area contributed by atoms with Crippen LogP contribution in [0.1, 0.15) is 51.6 Å². The lowest BCUT2D eigenvalue weighted by molar-refractivity contribution is 0.221. The Morgan fingerprint density at radius 1 is 1.15 bits per heavy atom. The van der Waals surface area contributed by atoms with Gasteiger partial charge in [0.2, 0.25) is 0 Å². The first kappa shape index (κ1) is 15.6. The molecule has 0 amide bonds. The summed E-state index contributed by atoms with van der Waals surface area (Å²) >= 11 is 0. The topological polar surface area (TPSA) is 20.2 Å². The summed E-state index contributed by atoms with van der Waals surface area (Å²) in [5.74, 6) is 0.632. The predicted molar refractivity (Wildman–Crippen MR) is 86.0 cm³/mol. The van der Waals surface area contributed by atoms with Crippen molar-refractivity contribution in [3.63, 3.8) is 0 Å². The number of hydrogen-bond donors (Lipinski definition) is 1. The molecular weight excluding hydrogens is 246 g/mol. The Balaban J connectivity index is 1.87. The van der Waals surface area contributed by atoms with E-state index in [1.165, 1.54) is 44.5 Å². The van der Waals surface area contributed by atoms with Crippen LogP contribution in [0, 0.1) is 5.92 Å². The van der Waals surface area contributed by atoms with Gasteiger partial charge in [0.25, 0.3) is 0 Å². The fourth-order valence-corrected chi connectivity index (χ4v) is 3.18. The van der Waals surface area contributed by atoms with Crippen LogP contribution in [-0.2, 0) is 6.54 Å². The molecule has 1 aromatic heterocycles. The van der Waals surface area contributed by atoms with E-state index in [2.05, 4.69) is 54.0 Å². The third kappa shape index (κ3) is 4.35. The molecule has 0 spiro atoms. The molecule has 1 fully saturated rings. The van der Waals surface area contributed by atoms with Crippen molar-refractivity contribution >= 4 is 0 Å². The van der Waals surface area contributed by atoms with Crippen molar-refractivity contribution in [3.8, 4) is 0 Å². The zero-order valence-electron chi connectivity index (χ0n) is 13.4. The van der Waals surface area contributed by atoms with Gasteiger partial charge in [0, 0.05) is 31.5 Å². The zero-order valence-corrected chi connectivity index (χ0v) is 13.4. The van der Waals surface area contributed by atoms with Crippen LogP contribution in [0.2, 0.25) is 0 Å². The van der Waals surface area contributed by atoms with Crippen molar-refractivity contribution < 1.29 is 0 Å². The quantitative estimate of drug-likeness (QED) is 0.825. The molecule has 114 valence electrons. The third-order valence-corrected chi connectivity index (χ3v) is 4.35. The number of hydrogen-bond acceptors (Lipinski definition) is 2. The van der Waals surface area contributed by atoms with Gasteiger partial charge in [-0.15, -0.1) is 0 Å². The first-order valence-corrected chi connectivity index (χ1v) is 8.32. The van der Waals surface area contributed by atoms with Crippen molar-refractivity contribution in [2.24, 2.45) is 5.92 Å². The summed E-state index contributed by atoms with van der Waals surface area (Å²) in [6, 6.07) is 2.76. The van der Waals surface area contributed by atoms with Gasteiger partial charge in [0.1, 0.15) is 0 Å². The van der Waals surface area contributed by atoms with E-state index < -0.39 is 0 Å². The largest absolute Gasteiger partial charge is 0.353 e. The van der Waals surface area contributed by atoms with Gasteiger partial charge >= 0.3 is 0 Å². The predicted octanol–water partition coefficient (Wildman–Crippen LogP) is 3.28. The monoisotopic (exact) mass is 277 g/mol. The zero-order chi connectivity index (χ0) is 14.4. The van der Waals surface area contributed by atoms with Gasteiger partial charge < -0.3 is 14.8 Å². The number of rotatable bonds is 7. The van der Waals surface area contributed by atoms with E-state index in [0.717, 1.165) is 13.1 Å². The lowest BCUT2D eigenvalue weighted by Gasteiger charge is -2.26. The minimum Gasteiger partial charge on any atom is -0.353 e. The lowest BCUT2D eigenvalue weighted by Crippen LogP contribution is -2.32. The smallest absolute Gasteiger partial charge is 0.0358 e. The maximum Gasteiger partial charge on any atom is 0.0358 e. The molecule has 0 aliphatic carbocycles. The van der Waals surface area contributed by atoms with E-state index in [1.807, 2.05) is 0 Å². The van der Waals surface area contributed by atoms with Gasteiger partial charge in [-0.1, -0.05) is 27.2 Å². The summed E-state index contributed by atoms with van der Waals surface area (Å²) in [5.41, 5.74) is 1.43. The number of aromatic nitrogens is 1. The standard InChI is InChI=1S/C17H31N3/c1-4-18-17(15(2)3)16-8-11-20(14-16)13-12-19-9-6-5-7-10-19/h8,11,14-15,17-18H,4-7,9-10,12-13H2,1-3H3. The molecule has 1 saturated heterocycles. The average Bonchev–Trinajstić information content (AvgIpc) is 2.92. The summed E-state index contributed by atoms with van der Waals surface area (Å²) in [4.78, 5) is 2.60. The normalized spacial score (nSPS) is 18.6. The first-order valence-electron chi connectivity index (χ1n) is 8.32. The molecular formula is C17H31N3. The van der Waals surface area contributed by atoms with Crippen LogP contribution in [0.15, 0.2) is 18.5 Å². The second-order valence-corrected chi connectivity index (χ2v) is 6.36. The molecule has 1 aliphatic rings. The molecule has 1 unspecified atom stereocenters. The van der Waals surface area contributed by atoms with E-state index in [9.17, 15) is 0 Å². The average molecular weight is 277 g/mol. The highest BCUT2D eigenvalue weighted by Gasteiger charge is 2.15. The molecule has 0 aromatic carbocycles. The molecule has 0 radical (unpaired) electrons. The molecule has 2 rings (SSSR count). The van der Waals surface area contributed by atoms with Crippen LogP contribution in [0.5, 0.6) is 0 Å². The van der Waals surface area contributed by atoms with Gasteiger partial charge in [0.15, 0.2) is 0 Å². The van der Waals surface area contributed by atoms with Crippen molar-refractivity contribution in [1.29, 1.82) is 0 Å². The lowest BCUT2D eigenvalue weighted by atomic mass is 9.98. The van der Waals surface area contributed by atoms with Crippen LogP contribution in [-0.4, -0.2) is 35.6 Å². The van der Waals surface area contributed by atoms with Gasteiger partial charge in [-0.2, -0.15) is 0 Å². The Bertz CT molecular complexity index is 377. The van der Waals surface area contributed by atoms with Gasteiger partial charge in [0.05, 0.1) is 0 Å². The third-order valence-electron chi connectivity index (χ3n) is 4.35. The summed E-state index contributed by atoms with van der Waals surface area (Å²) in [6.07, 6.45) is 8.76. The summed E-state index contributed by atoms with van der Waals surface area (Å²) < 4.78 is 2.36. The second kappa shape index (κ2) is 7.84. The molecule has 1 aromatic rings. The minimum absolute atomic E-state index is 0.483. The number of piperidine rings is 1. The Morgan fingerprint density at radius 3 is 2.55 bits per heavy atom. The van der Waals surface area contributed by atoms with Gasteiger partial charge in [-0.3, -0.25) is 0 Å². The van der Waals surface area contributed by atoms with Gasteiger partial charge in [-0.05, 0) is 50.0 Å². The highest BCUT2D eigenvalue weighted by atomic mass is 15.1. The van der Waals surface area contributed by atoms with Gasteiger partial charge in [-0.25, -0.2) is 0 Å². The SMILES string of the molecule is CCNC(c1ccn(CCN2CCCCC2)c1)C(C)C.